The number of anilines is 1. The van der Waals surface area contributed by atoms with Crippen molar-refractivity contribution >= 4 is 11.7 Å². The molecule has 1 saturated heterocycles. The number of hydrogen-bond acceptors (Lipinski definition) is 9. The molecule has 0 spiro atoms. The van der Waals surface area contributed by atoms with Crippen molar-refractivity contribution < 1.29 is 33.6 Å². The number of ether oxygens (including phenoxy) is 5. The molecule has 5 rings (SSSR count). The van der Waals surface area contributed by atoms with Crippen LogP contribution >= 0.6 is 0 Å². The molecule has 2 heterocycles. The van der Waals surface area contributed by atoms with E-state index in [4.69, 9.17) is 23.7 Å². The maximum Gasteiger partial charge on any atom is 0.351 e. The van der Waals surface area contributed by atoms with Gasteiger partial charge in [-0.15, -0.1) is 0 Å². The van der Waals surface area contributed by atoms with Crippen LogP contribution in [0.25, 0.3) is 0 Å². The van der Waals surface area contributed by atoms with Crippen LogP contribution in [0.5, 0.6) is 11.5 Å². The summed E-state index contributed by atoms with van der Waals surface area (Å²) < 4.78 is 31.1. The number of nitrogens with one attached hydrogen (secondary N) is 1. The smallest absolute Gasteiger partial charge is 0.351 e. The summed E-state index contributed by atoms with van der Waals surface area (Å²) >= 11 is 0. The predicted molar refractivity (Wildman–Crippen MR) is 171 cm³/mol. The number of methoxy groups -OCH3 is 3. The summed E-state index contributed by atoms with van der Waals surface area (Å²) in [7, 11) is 4.69. The Balaban J connectivity index is 1.49. The number of aliphatic hydroxyl groups is 1. The monoisotopic (exact) mass is 629 g/mol. The molecule has 3 aromatic carbocycles. The van der Waals surface area contributed by atoms with E-state index in [1.807, 2.05) is 85.8 Å². The van der Waals surface area contributed by atoms with E-state index in [1.54, 1.807) is 14.2 Å². The minimum absolute atomic E-state index is 0.120. The zero-order valence-corrected chi connectivity index (χ0v) is 26.5. The van der Waals surface area contributed by atoms with Gasteiger partial charge >= 0.3 is 5.69 Å². The van der Waals surface area contributed by atoms with Gasteiger partial charge in [0, 0.05) is 26.7 Å². The Morgan fingerprint density at radius 2 is 1.50 bits per heavy atom. The van der Waals surface area contributed by atoms with E-state index in [0.29, 0.717) is 11.5 Å². The molecule has 46 heavy (non-hydrogen) atoms. The second kappa shape index (κ2) is 14.3. The van der Waals surface area contributed by atoms with Crippen LogP contribution < -0.4 is 20.5 Å². The largest absolute Gasteiger partial charge is 0.497 e. The zero-order chi connectivity index (χ0) is 32.8. The van der Waals surface area contributed by atoms with Crippen LogP contribution in [0.4, 0.5) is 5.82 Å². The van der Waals surface area contributed by atoms with E-state index >= 15 is 0 Å². The van der Waals surface area contributed by atoms with Crippen molar-refractivity contribution in [2.75, 3.05) is 26.6 Å². The van der Waals surface area contributed by atoms with Crippen molar-refractivity contribution in [2.45, 2.75) is 56.5 Å². The van der Waals surface area contributed by atoms with Gasteiger partial charge in [0.1, 0.15) is 35.1 Å². The van der Waals surface area contributed by atoms with Gasteiger partial charge in [0.25, 0.3) is 0 Å². The highest BCUT2D eigenvalue weighted by Crippen LogP contribution is 2.44. The molecule has 1 aliphatic rings. The lowest BCUT2D eigenvalue weighted by molar-refractivity contribution is -0.114. The van der Waals surface area contributed by atoms with Crippen LogP contribution in [0.3, 0.4) is 0 Å². The van der Waals surface area contributed by atoms with Crippen molar-refractivity contribution in [3.8, 4) is 11.5 Å². The quantitative estimate of drug-likeness (QED) is 0.221. The van der Waals surface area contributed by atoms with Gasteiger partial charge in [0.15, 0.2) is 6.23 Å². The van der Waals surface area contributed by atoms with E-state index in [2.05, 4.69) is 10.3 Å². The Labute approximate surface area is 267 Å². The average Bonchev–Trinajstić information content (AvgIpc) is 3.37. The van der Waals surface area contributed by atoms with Crippen LogP contribution in [-0.4, -0.2) is 66.3 Å². The fourth-order valence-corrected chi connectivity index (χ4v) is 5.95. The molecule has 1 aliphatic heterocycles. The summed E-state index contributed by atoms with van der Waals surface area (Å²) in [6.07, 6.45) is -2.37. The second-order valence-electron chi connectivity index (χ2n) is 11.1. The van der Waals surface area contributed by atoms with Crippen molar-refractivity contribution in [1.29, 1.82) is 0 Å². The molecular weight excluding hydrogens is 590 g/mol. The highest BCUT2D eigenvalue weighted by Gasteiger charge is 2.47. The SMILES string of the molecule is COc1ccc(C(O[C@@H](C)C[C@H]2O[C@@H](n3ccc(NC(C)=O)nc3=O)[C@H](OC)[C@@H]2O)(c2ccccc2)c2ccc(OC)cc2)cc1. The Kier molecular flexibility index (Phi) is 10.2. The molecule has 4 aromatic rings. The lowest BCUT2D eigenvalue weighted by atomic mass is 9.79. The Morgan fingerprint density at radius 3 is 2.00 bits per heavy atom. The number of carbonyl (C=O) groups excluding carboxylic acids is 1. The van der Waals surface area contributed by atoms with Gasteiger partial charge in [0.2, 0.25) is 5.91 Å². The molecule has 11 heteroatoms. The van der Waals surface area contributed by atoms with Crippen molar-refractivity contribution in [2.24, 2.45) is 0 Å². The number of rotatable bonds is 12. The van der Waals surface area contributed by atoms with Crippen LogP contribution in [-0.2, 0) is 24.6 Å². The third kappa shape index (κ3) is 6.68. The highest BCUT2D eigenvalue weighted by molar-refractivity contribution is 5.87. The molecule has 0 unspecified atom stereocenters. The van der Waals surface area contributed by atoms with Crippen molar-refractivity contribution in [1.82, 2.24) is 9.55 Å². The maximum absolute atomic E-state index is 12.9. The number of aromatic nitrogens is 2. The normalized spacial score (nSPS) is 20.2. The van der Waals surface area contributed by atoms with Crippen LogP contribution in [0.1, 0.15) is 43.2 Å². The summed E-state index contributed by atoms with van der Waals surface area (Å²) in [6.45, 7) is 3.25. The lowest BCUT2D eigenvalue weighted by Crippen LogP contribution is -2.39. The van der Waals surface area contributed by atoms with Gasteiger partial charge in [-0.3, -0.25) is 9.36 Å². The zero-order valence-electron chi connectivity index (χ0n) is 26.5. The third-order valence-electron chi connectivity index (χ3n) is 8.11. The number of nitrogens with zero attached hydrogens (tertiary/aromatic N) is 2. The first kappa shape index (κ1) is 32.8. The van der Waals surface area contributed by atoms with Gasteiger partial charge in [0.05, 0.1) is 26.4 Å². The van der Waals surface area contributed by atoms with Crippen LogP contribution in [0.15, 0.2) is 95.9 Å². The fraction of sp³-hybridized carbons (Fsp3) is 0.343. The van der Waals surface area contributed by atoms with Gasteiger partial charge in [-0.2, -0.15) is 4.98 Å². The molecule has 242 valence electrons. The van der Waals surface area contributed by atoms with Crippen LogP contribution in [0.2, 0.25) is 0 Å². The molecule has 2 N–H and O–H groups in total. The number of carbonyl (C=O) groups is 1. The van der Waals surface area contributed by atoms with Crippen molar-refractivity contribution in [3.63, 3.8) is 0 Å². The lowest BCUT2D eigenvalue weighted by Gasteiger charge is -2.39. The third-order valence-corrected chi connectivity index (χ3v) is 8.11. The number of benzene rings is 3. The topological polar surface area (TPSA) is 130 Å². The minimum Gasteiger partial charge on any atom is -0.497 e. The Hall–Kier alpha value is -4.55. The van der Waals surface area contributed by atoms with E-state index in [-0.39, 0.29) is 18.1 Å². The molecule has 1 fully saturated rings. The van der Waals surface area contributed by atoms with Gasteiger partial charge < -0.3 is 34.1 Å². The van der Waals surface area contributed by atoms with Gasteiger partial charge in [-0.25, -0.2) is 4.79 Å². The molecule has 0 aliphatic carbocycles. The molecular formula is C35H39N3O8. The molecule has 0 saturated carbocycles. The standard InChI is InChI=1S/C35H39N3O8/c1-22(21-29-31(40)32(44-5)33(45-29)38-20-19-30(36-23(2)39)37-34(38)41)46-35(24-9-7-6-8-10-24,25-11-15-27(42-3)16-12-25)26-13-17-28(43-4)18-14-26/h6-20,22,29,31-33,40H,21H2,1-5H3,(H,36,37,39,41)/t22-,29+,31+,32+,33+/m0/s1. The summed E-state index contributed by atoms with van der Waals surface area (Å²) in [5.41, 5.74) is 0.915. The van der Waals surface area contributed by atoms with E-state index in [1.165, 1.54) is 30.9 Å². The molecule has 1 amide bonds. The summed E-state index contributed by atoms with van der Waals surface area (Å²) in [5, 5.41) is 13.8. The molecule has 0 radical (unpaired) electrons. The van der Waals surface area contributed by atoms with E-state index in [0.717, 1.165) is 16.7 Å². The predicted octanol–water partition coefficient (Wildman–Crippen LogP) is 4.28. The number of amides is 1. The minimum atomic E-state index is -1.07. The van der Waals surface area contributed by atoms with Crippen molar-refractivity contribution in [3.05, 3.63) is 118 Å². The molecule has 1 aromatic heterocycles. The highest BCUT2D eigenvalue weighted by atomic mass is 16.6. The Morgan fingerprint density at radius 1 is 0.935 bits per heavy atom. The molecule has 0 bridgehead atoms. The maximum atomic E-state index is 12.9. The molecule has 5 atom stereocenters. The first-order valence-electron chi connectivity index (χ1n) is 15.0. The number of aliphatic hydroxyl groups excluding tert-OH is 1. The van der Waals surface area contributed by atoms with Crippen LogP contribution in [0, 0.1) is 0 Å². The first-order valence-corrected chi connectivity index (χ1v) is 15.0. The Bertz CT molecular complexity index is 1610. The first-order chi connectivity index (χ1) is 22.2. The van der Waals surface area contributed by atoms with Gasteiger partial charge in [-0.1, -0.05) is 54.6 Å². The summed E-state index contributed by atoms with van der Waals surface area (Å²) in [6, 6.07) is 26.9. The number of hydrogen-bond donors (Lipinski definition) is 2. The average molecular weight is 630 g/mol. The van der Waals surface area contributed by atoms with Gasteiger partial charge in [-0.05, 0) is 53.9 Å². The summed E-state index contributed by atoms with van der Waals surface area (Å²) in [4.78, 5) is 28.2. The fourth-order valence-electron chi connectivity index (χ4n) is 5.95. The molecule has 11 nitrogen and oxygen atoms in total. The second-order valence-corrected chi connectivity index (χ2v) is 11.1. The van der Waals surface area contributed by atoms with E-state index in [9.17, 15) is 14.7 Å². The summed E-state index contributed by atoms with van der Waals surface area (Å²) in [5.74, 6) is 1.19. The van der Waals surface area contributed by atoms with E-state index < -0.39 is 41.9 Å².